The lowest BCUT2D eigenvalue weighted by Gasteiger charge is -2.19. The number of nitrogens with one attached hydrogen (secondary N) is 1. The molecule has 0 aliphatic heterocycles. The predicted molar refractivity (Wildman–Crippen MR) is 92.6 cm³/mol. The van der Waals surface area contributed by atoms with Crippen molar-refractivity contribution < 1.29 is 4.39 Å². The summed E-state index contributed by atoms with van der Waals surface area (Å²) in [6, 6.07) is 9.71. The van der Waals surface area contributed by atoms with Crippen molar-refractivity contribution in [3.8, 4) is 0 Å². The first kappa shape index (κ1) is 16.7. The van der Waals surface area contributed by atoms with Gasteiger partial charge in [0.25, 0.3) is 0 Å². The van der Waals surface area contributed by atoms with Crippen LogP contribution in [-0.4, -0.2) is 6.54 Å². The Kier molecular flexibility index (Phi) is 5.23. The highest BCUT2D eigenvalue weighted by atomic mass is 79.9. The van der Waals surface area contributed by atoms with Crippen molar-refractivity contribution in [2.24, 2.45) is 0 Å². The highest BCUT2D eigenvalue weighted by Crippen LogP contribution is 2.35. The van der Waals surface area contributed by atoms with E-state index in [4.69, 9.17) is 0 Å². The molecule has 0 spiro atoms. The third kappa shape index (κ3) is 3.93. The fraction of sp³-hybridized carbons (Fsp3) is 0.412. The lowest BCUT2D eigenvalue weighted by atomic mass is 9.95. The van der Waals surface area contributed by atoms with Crippen molar-refractivity contribution in [3.63, 3.8) is 0 Å². The van der Waals surface area contributed by atoms with E-state index in [1.807, 2.05) is 23.5 Å². The van der Waals surface area contributed by atoms with Gasteiger partial charge in [-0.2, -0.15) is 0 Å². The standard InChI is InChI=1S/C17H21BrFNS/c1-5-20-16(11-6-7-13(19)12(18)10-11)14-8-9-15(21-14)17(2,3)4/h6-10,16,20H,5H2,1-4H3. The zero-order chi connectivity index (χ0) is 15.6. The third-order valence-corrected chi connectivity index (χ3v) is 5.52. The third-order valence-electron chi connectivity index (χ3n) is 3.34. The van der Waals surface area contributed by atoms with E-state index in [1.54, 1.807) is 0 Å². The fourth-order valence-electron chi connectivity index (χ4n) is 2.19. The summed E-state index contributed by atoms with van der Waals surface area (Å²) in [5.41, 5.74) is 1.23. The maximum Gasteiger partial charge on any atom is 0.137 e. The molecule has 0 saturated carbocycles. The van der Waals surface area contributed by atoms with Crippen LogP contribution in [0.25, 0.3) is 0 Å². The molecule has 1 N–H and O–H groups in total. The summed E-state index contributed by atoms with van der Waals surface area (Å²) in [7, 11) is 0. The molecule has 1 aromatic heterocycles. The first-order valence-electron chi connectivity index (χ1n) is 7.11. The number of halogens is 2. The zero-order valence-corrected chi connectivity index (χ0v) is 15.2. The molecular formula is C17H21BrFNS. The summed E-state index contributed by atoms with van der Waals surface area (Å²) in [6.07, 6.45) is 0. The molecule has 1 unspecified atom stereocenters. The number of rotatable bonds is 4. The van der Waals surface area contributed by atoms with Gasteiger partial charge in [-0.1, -0.05) is 33.8 Å². The van der Waals surface area contributed by atoms with E-state index in [0.29, 0.717) is 4.47 Å². The summed E-state index contributed by atoms with van der Waals surface area (Å²) < 4.78 is 14.0. The van der Waals surface area contributed by atoms with Crippen LogP contribution < -0.4 is 5.32 Å². The van der Waals surface area contributed by atoms with Crippen LogP contribution in [0.15, 0.2) is 34.8 Å². The molecule has 0 bridgehead atoms. The largest absolute Gasteiger partial charge is 0.306 e. The molecule has 2 rings (SSSR count). The Balaban J connectivity index is 2.38. The van der Waals surface area contributed by atoms with Gasteiger partial charge in [0.05, 0.1) is 10.5 Å². The Morgan fingerprint density at radius 1 is 1.24 bits per heavy atom. The molecule has 0 saturated heterocycles. The van der Waals surface area contributed by atoms with Gasteiger partial charge in [-0.25, -0.2) is 4.39 Å². The molecule has 1 nitrogen and oxygen atoms in total. The van der Waals surface area contributed by atoms with E-state index >= 15 is 0 Å². The van der Waals surface area contributed by atoms with Crippen LogP contribution in [0, 0.1) is 5.82 Å². The molecule has 21 heavy (non-hydrogen) atoms. The molecule has 2 aromatic rings. The average Bonchev–Trinajstić information content (AvgIpc) is 2.89. The van der Waals surface area contributed by atoms with Gasteiger partial charge in [0.2, 0.25) is 0 Å². The topological polar surface area (TPSA) is 12.0 Å². The van der Waals surface area contributed by atoms with E-state index in [-0.39, 0.29) is 17.3 Å². The monoisotopic (exact) mass is 369 g/mol. The molecule has 1 atom stereocenters. The van der Waals surface area contributed by atoms with Crippen molar-refractivity contribution in [2.75, 3.05) is 6.54 Å². The predicted octanol–water partition coefficient (Wildman–Crippen LogP) is 5.65. The summed E-state index contributed by atoms with van der Waals surface area (Å²) in [4.78, 5) is 2.63. The van der Waals surface area contributed by atoms with Gasteiger partial charge < -0.3 is 5.32 Å². The Morgan fingerprint density at radius 3 is 2.48 bits per heavy atom. The lowest BCUT2D eigenvalue weighted by Crippen LogP contribution is -2.21. The van der Waals surface area contributed by atoms with E-state index in [0.717, 1.165) is 12.1 Å². The summed E-state index contributed by atoms with van der Waals surface area (Å²) in [5.74, 6) is -0.226. The molecule has 0 fully saturated rings. The van der Waals surface area contributed by atoms with Crippen LogP contribution in [0.3, 0.4) is 0 Å². The maximum absolute atomic E-state index is 13.4. The molecule has 0 radical (unpaired) electrons. The van der Waals surface area contributed by atoms with Crippen molar-refractivity contribution in [1.82, 2.24) is 5.32 Å². The van der Waals surface area contributed by atoms with Crippen LogP contribution in [0.5, 0.6) is 0 Å². The van der Waals surface area contributed by atoms with Gasteiger partial charge in [-0.3, -0.25) is 0 Å². The van der Waals surface area contributed by atoms with Gasteiger partial charge in [0, 0.05) is 9.75 Å². The minimum absolute atomic E-state index is 0.105. The van der Waals surface area contributed by atoms with E-state index in [9.17, 15) is 4.39 Å². The number of thiophene rings is 1. The average molecular weight is 370 g/mol. The van der Waals surface area contributed by atoms with Gasteiger partial charge >= 0.3 is 0 Å². The molecule has 0 aliphatic carbocycles. The summed E-state index contributed by atoms with van der Waals surface area (Å²) in [5, 5.41) is 3.49. The quantitative estimate of drug-likeness (QED) is 0.734. The molecule has 1 aromatic carbocycles. The highest BCUT2D eigenvalue weighted by molar-refractivity contribution is 9.10. The maximum atomic E-state index is 13.4. The highest BCUT2D eigenvalue weighted by Gasteiger charge is 2.21. The Labute approximate surface area is 138 Å². The Morgan fingerprint density at radius 2 is 1.95 bits per heavy atom. The molecule has 114 valence electrons. The van der Waals surface area contributed by atoms with Gasteiger partial charge in [0.15, 0.2) is 0 Å². The fourth-order valence-corrected chi connectivity index (χ4v) is 3.76. The van der Waals surface area contributed by atoms with Gasteiger partial charge in [-0.05, 0) is 57.7 Å². The Hall–Kier alpha value is -0.710. The molecule has 1 heterocycles. The van der Waals surface area contributed by atoms with Crippen molar-refractivity contribution in [3.05, 3.63) is 55.9 Å². The normalized spacial score (nSPS) is 13.4. The second kappa shape index (κ2) is 6.59. The number of hydrogen-bond acceptors (Lipinski definition) is 2. The second-order valence-electron chi connectivity index (χ2n) is 6.12. The SMILES string of the molecule is CCNC(c1ccc(F)c(Br)c1)c1ccc(C(C)(C)C)s1. The zero-order valence-electron chi connectivity index (χ0n) is 12.8. The van der Waals surface area contributed by atoms with Crippen molar-refractivity contribution in [1.29, 1.82) is 0 Å². The second-order valence-corrected chi connectivity index (χ2v) is 8.09. The molecular weight excluding hydrogens is 349 g/mol. The minimum Gasteiger partial charge on any atom is -0.306 e. The van der Waals surface area contributed by atoms with Crippen molar-refractivity contribution in [2.45, 2.75) is 39.2 Å². The smallest absolute Gasteiger partial charge is 0.137 e. The molecule has 0 aliphatic rings. The minimum atomic E-state index is -0.226. The van der Waals surface area contributed by atoms with Crippen LogP contribution in [0.4, 0.5) is 4.39 Å². The number of hydrogen-bond donors (Lipinski definition) is 1. The van der Waals surface area contributed by atoms with Gasteiger partial charge in [0.1, 0.15) is 5.82 Å². The molecule has 0 amide bonds. The van der Waals surface area contributed by atoms with Crippen LogP contribution in [0.1, 0.15) is 49.1 Å². The van der Waals surface area contributed by atoms with E-state index < -0.39 is 0 Å². The summed E-state index contributed by atoms with van der Waals surface area (Å²) in [6.45, 7) is 9.62. The van der Waals surface area contributed by atoms with Crippen LogP contribution in [0.2, 0.25) is 0 Å². The van der Waals surface area contributed by atoms with E-state index in [2.05, 4.69) is 61.1 Å². The van der Waals surface area contributed by atoms with Gasteiger partial charge in [-0.15, -0.1) is 11.3 Å². The van der Waals surface area contributed by atoms with Crippen LogP contribution in [-0.2, 0) is 5.41 Å². The van der Waals surface area contributed by atoms with E-state index in [1.165, 1.54) is 15.8 Å². The van der Waals surface area contributed by atoms with Crippen LogP contribution >= 0.6 is 27.3 Å². The Bertz CT molecular complexity index is 615. The first-order chi connectivity index (χ1) is 9.82. The molecule has 4 heteroatoms. The lowest BCUT2D eigenvalue weighted by molar-refractivity contribution is 0.604. The number of benzene rings is 1. The first-order valence-corrected chi connectivity index (χ1v) is 8.72. The van der Waals surface area contributed by atoms with Crippen molar-refractivity contribution >= 4 is 27.3 Å². The summed E-state index contributed by atoms with van der Waals surface area (Å²) >= 11 is 5.10.